The molecule has 0 atom stereocenters. The smallest absolute Gasteiger partial charge is 0.129 e. The van der Waals surface area contributed by atoms with Crippen LogP contribution in [-0.2, 0) is 5.41 Å². The zero-order chi connectivity index (χ0) is 13.2. The van der Waals surface area contributed by atoms with Crippen LogP contribution in [0.3, 0.4) is 0 Å². The van der Waals surface area contributed by atoms with E-state index < -0.39 is 11.6 Å². The molecule has 100 valence electrons. The van der Waals surface area contributed by atoms with Gasteiger partial charge in [-0.2, -0.15) is 0 Å². The lowest BCUT2D eigenvalue weighted by atomic mass is 9.66. The largest absolute Gasteiger partial charge is 0.319 e. The molecule has 1 aliphatic rings. The highest BCUT2D eigenvalue weighted by Crippen LogP contribution is 2.42. The van der Waals surface area contributed by atoms with Crippen molar-refractivity contribution in [2.45, 2.75) is 38.0 Å². The summed E-state index contributed by atoms with van der Waals surface area (Å²) in [6, 6.07) is 4.00. The van der Waals surface area contributed by atoms with Crippen LogP contribution < -0.4 is 5.32 Å². The molecule has 0 spiro atoms. The maximum absolute atomic E-state index is 14.0. The summed E-state index contributed by atoms with van der Waals surface area (Å²) in [7, 11) is 1.89. The molecule has 1 aromatic carbocycles. The van der Waals surface area contributed by atoms with E-state index >= 15 is 0 Å². The summed E-state index contributed by atoms with van der Waals surface area (Å²) < 4.78 is 27.1. The van der Waals surface area contributed by atoms with Gasteiger partial charge < -0.3 is 5.32 Å². The maximum Gasteiger partial charge on any atom is 0.129 e. The number of nitrogens with one attached hydrogen (secondary N) is 1. The summed E-state index contributed by atoms with van der Waals surface area (Å²) in [5.41, 5.74) is 0.504. The summed E-state index contributed by atoms with van der Waals surface area (Å²) in [6.45, 7) is 2.99. The van der Waals surface area contributed by atoms with Gasteiger partial charge in [0.2, 0.25) is 0 Å². The summed E-state index contributed by atoms with van der Waals surface area (Å²) in [5, 5.41) is 3.17. The van der Waals surface area contributed by atoms with Crippen molar-refractivity contribution in [3.05, 3.63) is 35.4 Å². The molecular formula is C15H21F2N. The van der Waals surface area contributed by atoms with Gasteiger partial charge in [0.1, 0.15) is 11.6 Å². The molecule has 0 aromatic heterocycles. The van der Waals surface area contributed by atoms with Crippen molar-refractivity contribution in [1.82, 2.24) is 5.32 Å². The number of rotatable bonds is 3. The molecule has 1 nitrogen and oxygen atoms in total. The minimum atomic E-state index is -0.500. The fraction of sp³-hybridized carbons (Fsp3) is 0.600. The third kappa shape index (κ3) is 2.56. The molecular weight excluding hydrogens is 232 g/mol. The molecule has 0 radical (unpaired) electrons. The molecule has 0 heterocycles. The van der Waals surface area contributed by atoms with Gasteiger partial charge >= 0.3 is 0 Å². The Labute approximate surface area is 108 Å². The van der Waals surface area contributed by atoms with Gasteiger partial charge in [0, 0.05) is 18.0 Å². The summed E-state index contributed by atoms with van der Waals surface area (Å²) >= 11 is 0. The molecule has 1 saturated carbocycles. The Kier molecular flexibility index (Phi) is 4.00. The third-order valence-corrected chi connectivity index (χ3v) is 4.25. The second-order valence-electron chi connectivity index (χ2n) is 5.62. The Morgan fingerprint density at radius 2 is 1.94 bits per heavy atom. The minimum absolute atomic E-state index is 0.168. The van der Waals surface area contributed by atoms with Crippen molar-refractivity contribution in [1.29, 1.82) is 0 Å². The highest BCUT2D eigenvalue weighted by Gasteiger charge is 2.37. The van der Waals surface area contributed by atoms with E-state index in [2.05, 4.69) is 12.2 Å². The van der Waals surface area contributed by atoms with Crippen LogP contribution in [0.2, 0.25) is 0 Å². The summed E-state index contributed by atoms with van der Waals surface area (Å²) in [6.07, 6.45) is 4.16. The molecule has 0 amide bonds. The molecule has 3 heteroatoms. The van der Waals surface area contributed by atoms with E-state index in [1.165, 1.54) is 6.07 Å². The average Bonchev–Trinajstić information content (AvgIpc) is 2.33. The second-order valence-corrected chi connectivity index (χ2v) is 5.62. The molecule has 18 heavy (non-hydrogen) atoms. The van der Waals surface area contributed by atoms with Crippen LogP contribution in [0, 0.1) is 17.6 Å². The molecule has 0 bridgehead atoms. The lowest BCUT2D eigenvalue weighted by Crippen LogP contribution is -2.40. The number of hydrogen-bond acceptors (Lipinski definition) is 1. The van der Waals surface area contributed by atoms with Crippen molar-refractivity contribution in [3.8, 4) is 0 Å². The lowest BCUT2D eigenvalue weighted by molar-refractivity contribution is 0.231. The Morgan fingerprint density at radius 3 is 2.50 bits per heavy atom. The van der Waals surface area contributed by atoms with Crippen LogP contribution in [0.1, 0.15) is 38.2 Å². The standard InChI is InChI=1S/C15H21F2N/c1-11-5-7-15(8-6-11,10-18-2)13-4-3-12(16)9-14(13)17/h3-4,9,11,18H,5-8,10H2,1-2H3. The Balaban J connectivity index is 2.34. The average molecular weight is 253 g/mol. The fourth-order valence-corrected chi connectivity index (χ4v) is 3.11. The fourth-order valence-electron chi connectivity index (χ4n) is 3.11. The van der Waals surface area contributed by atoms with E-state index in [0.717, 1.165) is 38.3 Å². The Bertz CT molecular complexity index is 409. The van der Waals surface area contributed by atoms with Gasteiger partial charge in [-0.1, -0.05) is 13.0 Å². The SMILES string of the molecule is CNCC1(c2ccc(F)cc2F)CCC(C)CC1. The molecule has 2 rings (SSSR count). The van der Waals surface area contributed by atoms with Crippen molar-refractivity contribution in [3.63, 3.8) is 0 Å². The zero-order valence-electron chi connectivity index (χ0n) is 11.1. The Hall–Kier alpha value is -0.960. The Morgan fingerprint density at radius 1 is 1.28 bits per heavy atom. The molecule has 1 aromatic rings. The van der Waals surface area contributed by atoms with E-state index in [-0.39, 0.29) is 5.41 Å². The van der Waals surface area contributed by atoms with Crippen LogP contribution in [0.25, 0.3) is 0 Å². The highest BCUT2D eigenvalue weighted by atomic mass is 19.1. The van der Waals surface area contributed by atoms with E-state index in [0.29, 0.717) is 11.5 Å². The highest BCUT2D eigenvalue weighted by molar-refractivity contribution is 5.29. The van der Waals surface area contributed by atoms with Gasteiger partial charge in [0.15, 0.2) is 0 Å². The van der Waals surface area contributed by atoms with Crippen molar-refractivity contribution in [2.75, 3.05) is 13.6 Å². The maximum atomic E-state index is 14.0. The van der Waals surface area contributed by atoms with Gasteiger partial charge in [-0.15, -0.1) is 0 Å². The van der Waals surface area contributed by atoms with Crippen LogP contribution in [0.4, 0.5) is 8.78 Å². The number of hydrogen-bond donors (Lipinski definition) is 1. The van der Waals surface area contributed by atoms with Gasteiger partial charge in [0.25, 0.3) is 0 Å². The monoisotopic (exact) mass is 253 g/mol. The van der Waals surface area contributed by atoms with Crippen LogP contribution in [0.15, 0.2) is 18.2 Å². The first-order valence-corrected chi connectivity index (χ1v) is 6.67. The van der Waals surface area contributed by atoms with E-state index in [9.17, 15) is 8.78 Å². The molecule has 1 N–H and O–H groups in total. The van der Waals surface area contributed by atoms with Crippen LogP contribution in [-0.4, -0.2) is 13.6 Å². The van der Waals surface area contributed by atoms with Crippen molar-refractivity contribution >= 4 is 0 Å². The summed E-state index contributed by atoms with van der Waals surface area (Å²) in [5.74, 6) is -0.196. The second kappa shape index (κ2) is 5.35. The first-order valence-electron chi connectivity index (χ1n) is 6.67. The van der Waals surface area contributed by atoms with Crippen LogP contribution >= 0.6 is 0 Å². The third-order valence-electron chi connectivity index (χ3n) is 4.25. The quantitative estimate of drug-likeness (QED) is 0.867. The molecule has 1 fully saturated rings. The van der Waals surface area contributed by atoms with Gasteiger partial charge in [-0.05, 0) is 50.3 Å². The van der Waals surface area contributed by atoms with E-state index in [1.807, 2.05) is 7.05 Å². The minimum Gasteiger partial charge on any atom is -0.319 e. The van der Waals surface area contributed by atoms with Crippen LogP contribution in [0.5, 0.6) is 0 Å². The van der Waals surface area contributed by atoms with E-state index in [4.69, 9.17) is 0 Å². The van der Waals surface area contributed by atoms with Gasteiger partial charge in [0.05, 0.1) is 0 Å². The van der Waals surface area contributed by atoms with E-state index in [1.54, 1.807) is 6.07 Å². The van der Waals surface area contributed by atoms with Crippen molar-refractivity contribution < 1.29 is 8.78 Å². The summed E-state index contributed by atoms with van der Waals surface area (Å²) in [4.78, 5) is 0. The molecule has 1 aliphatic carbocycles. The number of halogens is 2. The predicted octanol–water partition coefficient (Wildman–Crippen LogP) is 3.63. The molecule has 0 unspecified atom stereocenters. The number of likely N-dealkylation sites (N-methyl/N-ethyl adjacent to an activating group) is 1. The van der Waals surface area contributed by atoms with Gasteiger partial charge in [-0.3, -0.25) is 0 Å². The van der Waals surface area contributed by atoms with Gasteiger partial charge in [-0.25, -0.2) is 8.78 Å². The first-order chi connectivity index (χ1) is 8.57. The van der Waals surface area contributed by atoms with Crippen molar-refractivity contribution in [2.24, 2.45) is 5.92 Å². The molecule has 0 saturated heterocycles. The zero-order valence-corrected chi connectivity index (χ0v) is 11.1. The predicted molar refractivity (Wildman–Crippen MR) is 69.6 cm³/mol. The lowest BCUT2D eigenvalue weighted by Gasteiger charge is -2.40. The topological polar surface area (TPSA) is 12.0 Å². The normalized spacial score (nSPS) is 28.3. The molecule has 0 aliphatic heterocycles. The number of benzene rings is 1. The first kappa shape index (κ1) is 13.5.